The van der Waals surface area contributed by atoms with Crippen molar-refractivity contribution in [3.63, 3.8) is 0 Å². The van der Waals surface area contributed by atoms with Gasteiger partial charge in [-0.05, 0) is 49.2 Å². The van der Waals surface area contributed by atoms with Gasteiger partial charge in [0.2, 0.25) is 5.95 Å². The highest BCUT2D eigenvalue weighted by molar-refractivity contribution is 5.95. The lowest BCUT2D eigenvalue weighted by molar-refractivity contribution is -0.193. The highest BCUT2D eigenvalue weighted by Gasteiger charge is 2.40. The molecule has 0 bridgehead atoms. The molecule has 63 heavy (non-hydrogen) atoms. The van der Waals surface area contributed by atoms with Crippen LogP contribution in [0.3, 0.4) is 0 Å². The number of hydrogen-bond acceptors (Lipinski definition) is 11. The number of amides is 1. The first kappa shape index (κ1) is 54.0. The van der Waals surface area contributed by atoms with Crippen LogP contribution in [0.1, 0.15) is 23.2 Å². The smallest absolute Gasteiger partial charge is 0.475 e. The Morgan fingerprint density at radius 2 is 1.25 bits per heavy atom. The molecule has 0 saturated carbocycles. The summed E-state index contributed by atoms with van der Waals surface area (Å²) in [5.74, 6) is -11.2. The molecule has 1 aromatic carbocycles. The Hall–Kier alpha value is -7.01. The molecule has 1 amide bonds. The van der Waals surface area contributed by atoms with E-state index in [1.165, 1.54) is 23.1 Å². The Morgan fingerprint density at radius 3 is 1.70 bits per heavy atom. The quantitative estimate of drug-likeness (QED) is 0.129. The monoisotopic (exact) mass is 930 g/mol. The van der Waals surface area contributed by atoms with E-state index >= 15 is 0 Å². The molecule has 4 heterocycles. The number of rotatable bonds is 5. The summed E-state index contributed by atoms with van der Waals surface area (Å²) in [6.45, 7) is 1.68. The molecule has 1 aliphatic heterocycles. The maximum atomic E-state index is 14.8. The highest BCUT2D eigenvalue weighted by Crippen LogP contribution is 2.30. The fourth-order valence-corrected chi connectivity index (χ4v) is 4.33. The number of nitrogens with one attached hydrogen (secondary N) is 1. The van der Waals surface area contributed by atoms with E-state index in [2.05, 4.69) is 25.3 Å². The molecule has 1 saturated heterocycles. The van der Waals surface area contributed by atoms with Crippen molar-refractivity contribution in [2.75, 3.05) is 37.4 Å². The first-order valence-corrected chi connectivity index (χ1v) is 16.5. The van der Waals surface area contributed by atoms with Crippen molar-refractivity contribution in [1.29, 1.82) is 0 Å². The highest BCUT2D eigenvalue weighted by atomic mass is 19.4. The number of aliphatic carboxylic acids is 4. The van der Waals surface area contributed by atoms with E-state index < -0.39 is 54.4 Å². The number of imidazole rings is 1. The molecule has 1 fully saturated rings. The van der Waals surface area contributed by atoms with E-state index in [4.69, 9.17) is 45.3 Å². The van der Waals surface area contributed by atoms with Gasteiger partial charge >= 0.3 is 48.6 Å². The number of pyridine rings is 1. The molecule has 0 spiro atoms. The van der Waals surface area contributed by atoms with Crippen LogP contribution in [0.15, 0.2) is 55.0 Å². The number of benzene rings is 1. The Balaban J connectivity index is 0.000000574. The van der Waals surface area contributed by atoms with Crippen molar-refractivity contribution in [3.05, 3.63) is 66.4 Å². The Bertz CT molecular complexity index is 2120. The molecular formula is C33H31F13N8O9. The van der Waals surface area contributed by atoms with Crippen molar-refractivity contribution in [1.82, 2.24) is 24.5 Å². The SMILES string of the molecule is CN(C)C(=O)c1ccc(F)c(-c2ccc3cnc(Nc4cnccc4N4CCC[C@H](N)C4)n3n2)c1.O=C(O)C(F)(F)F.O=C(O)C(F)(F)F.O=C(O)C(F)(F)F.O=C(O)C(F)(F)F. The summed E-state index contributed by atoms with van der Waals surface area (Å²) < 4.78 is 143. The number of nitrogens with zero attached hydrogens (tertiary/aromatic N) is 6. The molecule has 1 atom stereocenters. The molecule has 3 aromatic heterocycles. The first-order chi connectivity index (χ1) is 28.7. The number of carboxylic acid groups (broad SMARTS) is 4. The topological polar surface area (TPSA) is 254 Å². The Labute approximate surface area is 343 Å². The number of hydrogen-bond donors (Lipinski definition) is 6. The van der Waals surface area contributed by atoms with Crippen LogP contribution in [-0.2, 0) is 19.2 Å². The lowest BCUT2D eigenvalue weighted by Crippen LogP contribution is -2.43. The molecule has 30 heteroatoms. The van der Waals surface area contributed by atoms with Gasteiger partial charge in [-0.1, -0.05) is 0 Å². The number of halogens is 13. The lowest BCUT2D eigenvalue weighted by atomic mass is 10.1. The number of fused-ring (bicyclic) bond motifs is 1. The minimum Gasteiger partial charge on any atom is -0.475 e. The van der Waals surface area contributed by atoms with Gasteiger partial charge < -0.3 is 41.3 Å². The maximum absolute atomic E-state index is 14.8. The van der Waals surface area contributed by atoms with E-state index in [0.29, 0.717) is 17.2 Å². The number of aromatic nitrogens is 4. The summed E-state index contributed by atoms with van der Waals surface area (Å²) in [5.41, 5.74) is 9.72. The van der Waals surface area contributed by atoms with Gasteiger partial charge in [-0.15, -0.1) is 0 Å². The zero-order chi connectivity index (χ0) is 48.8. The van der Waals surface area contributed by atoms with Gasteiger partial charge in [-0.3, -0.25) is 9.78 Å². The average molecular weight is 931 g/mol. The molecule has 5 rings (SSSR count). The van der Waals surface area contributed by atoms with Crippen molar-refractivity contribution in [3.8, 4) is 11.3 Å². The number of anilines is 3. The van der Waals surface area contributed by atoms with Gasteiger partial charge in [0.05, 0.1) is 35.0 Å². The van der Waals surface area contributed by atoms with E-state index in [0.717, 1.165) is 42.8 Å². The molecule has 7 N–H and O–H groups in total. The third-order valence-electron chi connectivity index (χ3n) is 7.09. The van der Waals surface area contributed by atoms with E-state index in [9.17, 15) is 61.9 Å². The minimum absolute atomic E-state index is 0.131. The van der Waals surface area contributed by atoms with Crippen molar-refractivity contribution < 1.29 is 101 Å². The number of alkyl halides is 12. The summed E-state index contributed by atoms with van der Waals surface area (Å²) in [5, 5.41) is 36.5. The predicted molar refractivity (Wildman–Crippen MR) is 188 cm³/mol. The molecule has 17 nitrogen and oxygen atoms in total. The largest absolute Gasteiger partial charge is 0.490 e. The normalized spacial score (nSPS) is 13.8. The molecule has 0 unspecified atom stereocenters. The van der Waals surface area contributed by atoms with Crippen LogP contribution in [0.25, 0.3) is 16.8 Å². The second-order valence-corrected chi connectivity index (χ2v) is 12.1. The van der Waals surface area contributed by atoms with Gasteiger partial charge in [-0.25, -0.2) is 28.6 Å². The number of piperidine rings is 1. The fourth-order valence-electron chi connectivity index (χ4n) is 4.33. The first-order valence-electron chi connectivity index (χ1n) is 16.5. The molecule has 1 aliphatic rings. The van der Waals surface area contributed by atoms with Crippen LogP contribution >= 0.6 is 0 Å². The lowest BCUT2D eigenvalue weighted by Gasteiger charge is -2.33. The van der Waals surface area contributed by atoms with Crippen LogP contribution in [0, 0.1) is 5.82 Å². The average Bonchev–Trinajstić information content (AvgIpc) is 3.56. The van der Waals surface area contributed by atoms with Gasteiger partial charge in [-0.2, -0.15) is 62.3 Å². The zero-order valence-corrected chi connectivity index (χ0v) is 31.6. The zero-order valence-electron chi connectivity index (χ0n) is 31.6. The molecular weight excluding hydrogens is 899 g/mol. The maximum Gasteiger partial charge on any atom is 0.490 e. The van der Waals surface area contributed by atoms with Gasteiger partial charge in [0.1, 0.15) is 5.82 Å². The summed E-state index contributed by atoms with van der Waals surface area (Å²) in [4.78, 5) is 60.4. The van der Waals surface area contributed by atoms with E-state index in [1.54, 1.807) is 43.3 Å². The van der Waals surface area contributed by atoms with Gasteiger partial charge in [0, 0.05) is 50.6 Å². The molecule has 0 radical (unpaired) electrons. The van der Waals surface area contributed by atoms with Crippen LogP contribution in [-0.4, -0.2) is 133 Å². The standard InChI is InChI=1S/C25H27FN8O.4C2HF3O2/c1-32(2)24(35)16-5-7-20(26)19(12-16)21-8-6-18-13-29-25(34(18)31-21)30-22-14-28-10-9-23(22)33-11-3-4-17(27)15-33;4*3-2(4,5)1(6)7/h5-10,12-14,17H,3-4,11,15,27H2,1-2H3,(H,29,30);4*(H,6,7)/t17-;;;;/m0..../s1. The van der Waals surface area contributed by atoms with Crippen molar-refractivity contribution in [2.24, 2.45) is 5.73 Å². The molecule has 4 aromatic rings. The minimum atomic E-state index is -5.08. The number of nitrogens with two attached hydrogens (primary N) is 1. The summed E-state index contributed by atoms with van der Waals surface area (Å²) in [7, 11) is 3.31. The fraction of sp³-hybridized carbons (Fsp3) is 0.333. The van der Waals surface area contributed by atoms with Crippen LogP contribution in [0.2, 0.25) is 0 Å². The second-order valence-electron chi connectivity index (χ2n) is 12.1. The van der Waals surface area contributed by atoms with Gasteiger partial charge in [0.15, 0.2) is 0 Å². The second kappa shape index (κ2) is 22.2. The third kappa shape index (κ3) is 17.9. The number of carbonyl (C=O) groups is 5. The van der Waals surface area contributed by atoms with E-state index in [-0.39, 0.29) is 17.5 Å². The Morgan fingerprint density at radius 1 is 0.762 bits per heavy atom. The van der Waals surface area contributed by atoms with Crippen LogP contribution in [0.5, 0.6) is 0 Å². The summed E-state index contributed by atoms with van der Waals surface area (Å²) in [6, 6.07) is 9.90. The van der Waals surface area contributed by atoms with E-state index in [1.807, 2.05) is 12.1 Å². The van der Waals surface area contributed by atoms with Gasteiger partial charge in [0.25, 0.3) is 5.91 Å². The summed E-state index contributed by atoms with van der Waals surface area (Å²) >= 11 is 0. The third-order valence-corrected chi connectivity index (χ3v) is 7.09. The molecule has 348 valence electrons. The van der Waals surface area contributed by atoms with Crippen LogP contribution in [0.4, 0.5) is 74.4 Å². The summed E-state index contributed by atoms with van der Waals surface area (Å²) in [6.07, 6.45) is -13.1. The molecule has 0 aliphatic carbocycles. The van der Waals surface area contributed by atoms with Crippen LogP contribution < -0.4 is 16.0 Å². The number of carboxylic acids is 4. The van der Waals surface area contributed by atoms with Crippen molar-refractivity contribution >= 4 is 52.6 Å². The van der Waals surface area contributed by atoms with Crippen molar-refractivity contribution in [2.45, 2.75) is 43.6 Å². The number of carbonyl (C=O) groups excluding carboxylic acids is 1. The Kier molecular flexibility index (Phi) is 19.0. The predicted octanol–water partition coefficient (Wildman–Crippen LogP) is 5.84.